The van der Waals surface area contributed by atoms with E-state index in [1.54, 1.807) is 18.4 Å². The van der Waals surface area contributed by atoms with Crippen LogP contribution in [0.5, 0.6) is 0 Å². The lowest BCUT2D eigenvalue weighted by atomic mass is 9.99. The van der Waals surface area contributed by atoms with Gasteiger partial charge in [-0.25, -0.2) is 31.9 Å². The zero-order chi connectivity index (χ0) is 24.8. The van der Waals surface area contributed by atoms with Gasteiger partial charge in [0.2, 0.25) is 5.91 Å². The van der Waals surface area contributed by atoms with E-state index >= 15 is 0 Å². The average molecular weight is 480 g/mol. The Morgan fingerprint density at radius 3 is 2.44 bits per heavy atom. The van der Waals surface area contributed by atoms with Crippen LogP contribution < -0.4 is 11.1 Å². The molecular weight excluding hydrogens is 459 g/mol. The first-order valence-electron chi connectivity index (χ1n) is 10.3. The van der Waals surface area contributed by atoms with Crippen molar-refractivity contribution in [2.45, 2.75) is 32.4 Å². The zero-order valence-corrected chi connectivity index (χ0v) is 18.2. The molecule has 12 heteroatoms. The van der Waals surface area contributed by atoms with Crippen LogP contribution >= 0.6 is 0 Å². The van der Waals surface area contributed by atoms with Gasteiger partial charge >= 0.3 is 0 Å². The van der Waals surface area contributed by atoms with Crippen molar-refractivity contribution >= 4 is 17.5 Å². The summed E-state index contributed by atoms with van der Waals surface area (Å²) in [5.41, 5.74) is 4.05. The highest BCUT2D eigenvalue weighted by Gasteiger charge is 2.41. The molecule has 0 atom stereocenters. The summed E-state index contributed by atoms with van der Waals surface area (Å²) in [6.07, 6.45) is -2.81. The first kappa shape index (κ1) is 23.6. The third kappa shape index (κ3) is 3.98. The van der Waals surface area contributed by atoms with Gasteiger partial charge in [-0.05, 0) is 38.1 Å². The Bertz CT molecular complexity index is 1240. The van der Waals surface area contributed by atoms with Crippen molar-refractivity contribution in [3.05, 3.63) is 59.3 Å². The number of amides is 1. The number of carbonyl (C=O) groups excluding carboxylic acids is 1. The van der Waals surface area contributed by atoms with Crippen molar-refractivity contribution in [1.82, 2.24) is 19.4 Å². The summed E-state index contributed by atoms with van der Waals surface area (Å²) in [5, 5.41) is 2.91. The van der Waals surface area contributed by atoms with Crippen molar-refractivity contribution in [3.63, 3.8) is 0 Å². The summed E-state index contributed by atoms with van der Waals surface area (Å²) in [4.78, 5) is 22.4. The molecule has 0 spiro atoms. The predicted octanol–water partition coefficient (Wildman–Crippen LogP) is 4.08. The monoisotopic (exact) mass is 480 g/mol. The van der Waals surface area contributed by atoms with Gasteiger partial charge in [-0.15, -0.1) is 0 Å². The van der Waals surface area contributed by atoms with E-state index in [9.17, 15) is 26.7 Å². The van der Waals surface area contributed by atoms with Gasteiger partial charge < -0.3 is 20.5 Å². The van der Waals surface area contributed by atoms with Gasteiger partial charge in [0, 0.05) is 18.7 Å². The first-order valence-corrected chi connectivity index (χ1v) is 10.3. The molecule has 0 aliphatic carbocycles. The number of pyridine rings is 1. The van der Waals surface area contributed by atoms with E-state index in [1.807, 2.05) is 0 Å². The number of hydrogen-bond donors (Lipinski definition) is 2. The maximum atomic E-state index is 14.0. The molecule has 1 aliphatic heterocycles. The van der Waals surface area contributed by atoms with Gasteiger partial charge in [0.15, 0.2) is 17.5 Å². The van der Waals surface area contributed by atoms with Crippen LogP contribution in [0.2, 0.25) is 0 Å². The van der Waals surface area contributed by atoms with E-state index in [-0.39, 0.29) is 48.4 Å². The van der Waals surface area contributed by atoms with Gasteiger partial charge in [0.25, 0.3) is 6.43 Å². The third-order valence-electron chi connectivity index (χ3n) is 5.71. The molecule has 0 radical (unpaired) electrons. The highest BCUT2D eigenvalue weighted by atomic mass is 19.3. The minimum absolute atomic E-state index is 0.0344. The SMILES string of the molecule is CC1(C)c2nc(-c3cc(F)c(F)c(F)c3)c(Nc3cccc(C(F)F)n3)n2CCN1C(=O)CN. The van der Waals surface area contributed by atoms with Gasteiger partial charge in [-0.3, -0.25) is 4.79 Å². The fourth-order valence-corrected chi connectivity index (χ4v) is 4.07. The number of nitrogens with zero attached hydrogens (tertiary/aromatic N) is 4. The number of imidazole rings is 1. The molecule has 0 saturated heterocycles. The molecular formula is C22H21F5N6O. The fourth-order valence-electron chi connectivity index (χ4n) is 4.07. The third-order valence-corrected chi connectivity index (χ3v) is 5.71. The number of rotatable bonds is 5. The number of benzene rings is 1. The lowest BCUT2D eigenvalue weighted by molar-refractivity contribution is -0.137. The van der Waals surface area contributed by atoms with Crippen LogP contribution in [-0.2, 0) is 16.9 Å². The highest BCUT2D eigenvalue weighted by molar-refractivity contribution is 5.80. The number of halogens is 5. The van der Waals surface area contributed by atoms with Crippen molar-refractivity contribution < 1.29 is 26.7 Å². The average Bonchev–Trinajstić information content (AvgIpc) is 3.16. The maximum Gasteiger partial charge on any atom is 0.280 e. The highest BCUT2D eigenvalue weighted by Crippen LogP contribution is 2.40. The molecule has 2 aromatic heterocycles. The van der Waals surface area contributed by atoms with Crippen LogP contribution in [0.25, 0.3) is 11.3 Å². The van der Waals surface area contributed by atoms with Crippen LogP contribution in [0.4, 0.5) is 33.6 Å². The van der Waals surface area contributed by atoms with Crippen LogP contribution in [-0.4, -0.2) is 38.4 Å². The van der Waals surface area contributed by atoms with Crippen molar-refractivity contribution in [3.8, 4) is 11.3 Å². The molecule has 3 N–H and O–H groups in total. The smallest absolute Gasteiger partial charge is 0.280 e. The Morgan fingerprint density at radius 1 is 1.15 bits per heavy atom. The molecule has 3 heterocycles. The second-order valence-electron chi connectivity index (χ2n) is 8.22. The lowest BCUT2D eigenvalue weighted by Gasteiger charge is -2.42. The summed E-state index contributed by atoms with van der Waals surface area (Å²) < 4.78 is 69.7. The van der Waals surface area contributed by atoms with Gasteiger partial charge in [-0.1, -0.05) is 6.07 Å². The number of aromatic nitrogens is 3. The van der Waals surface area contributed by atoms with Gasteiger partial charge in [0.1, 0.15) is 28.8 Å². The first-order chi connectivity index (χ1) is 16.0. The summed E-state index contributed by atoms with van der Waals surface area (Å²) in [6.45, 7) is 3.71. The van der Waals surface area contributed by atoms with Gasteiger partial charge in [-0.2, -0.15) is 0 Å². The Kier molecular flexibility index (Phi) is 6.02. The van der Waals surface area contributed by atoms with Crippen molar-refractivity contribution in [2.75, 3.05) is 18.4 Å². The van der Waals surface area contributed by atoms with E-state index < -0.39 is 35.1 Å². The molecule has 180 valence electrons. The minimum Gasteiger partial charge on any atom is -0.327 e. The maximum absolute atomic E-state index is 14.0. The Hall–Kier alpha value is -3.54. The van der Waals surface area contributed by atoms with Crippen LogP contribution in [0.1, 0.15) is 31.8 Å². The summed E-state index contributed by atoms with van der Waals surface area (Å²) >= 11 is 0. The zero-order valence-electron chi connectivity index (χ0n) is 18.2. The quantitative estimate of drug-likeness (QED) is 0.425. The Labute approximate surface area is 191 Å². The summed E-state index contributed by atoms with van der Waals surface area (Å²) in [5.74, 6) is -4.18. The molecule has 1 aliphatic rings. The van der Waals surface area contributed by atoms with Crippen LogP contribution in [0, 0.1) is 17.5 Å². The largest absolute Gasteiger partial charge is 0.327 e. The topological polar surface area (TPSA) is 89.1 Å². The van der Waals surface area contributed by atoms with Crippen molar-refractivity contribution in [1.29, 1.82) is 0 Å². The number of carbonyl (C=O) groups is 1. The molecule has 4 rings (SSSR count). The molecule has 0 fully saturated rings. The van der Waals surface area contributed by atoms with E-state index in [1.165, 1.54) is 17.0 Å². The molecule has 7 nitrogen and oxygen atoms in total. The number of anilines is 2. The van der Waals surface area contributed by atoms with E-state index in [0.717, 1.165) is 18.2 Å². The van der Waals surface area contributed by atoms with Crippen LogP contribution in [0.3, 0.4) is 0 Å². The lowest BCUT2D eigenvalue weighted by Crippen LogP contribution is -2.53. The van der Waals surface area contributed by atoms with Gasteiger partial charge in [0.05, 0.1) is 12.1 Å². The number of hydrogen-bond acceptors (Lipinski definition) is 5. The number of nitrogens with two attached hydrogens (primary N) is 1. The number of nitrogens with one attached hydrogen (secondary N) is 1. The molecule has 0 unspecified atom stereocenters. The number of fused-ring (bicyclic) bond motifs is 1. The van der Waals surface area contributed by atoms with E-state index in [4.69, 9.17) is 5.73 Å². The second-order valence-corrected chi connectivity index (χ2v) is 8.22. The van der Waals surface area contributed by atoms with Crippen molar-refractivity contribution in [2.24, 2.45) is 5.73 Å². The molecule has 0 saturated carbocycles. The minimum atomic E-state index is -2.81. The summed E-state index contributed by atoms with van der Waals surface area (Å²) in [7, 11) is 0. The normalized spacial score (nSPS) is 14.9. The summed E-state index contributed by atoms with van der Waals surface area (Å²) in [6, 6.07) is 5.56. The predicted molar refractivity (Wildman–Crippen MR) is 114 cm³/mol. The Balaban J connectivity index is 1.90. The van der Waals surface area contributed by atoms with Crippen LogP contribution in [0.15, 0.2) is 30.3 Å². The molecule has 34 heavy (non-hydrogen) atoms. The molecule has 3 aromatic rings. The van der Waals surface area contributed by atoms with E-state index in [0.29, 0.717) is 5.82 Å². The standard InChI is InChI=1S/C22H21F5N6O/c1-22(2)21-31-18(11-8-12(23)17(25)13(24)9-11)20(32(21)6-7-33(22)16(34)10-28)30-15-5-3-4-14(29-15)19(26)27/h3-5,8-9,19H,6-7,10,28H2,1-2H3,(H,29,30). The number of alkyl halides is 2. The Morgan fingerprint density at radius 2 is 1.82 bits per heavy atom. The van der Waals surface area contributed by atoms with E-state index in [2.05, 4.69) is 15.3 Å². The second kappa shape index (κ2) is 8.67. The fraction of sp³-hybridized carbons (Fsp3) is 0.318. The molecule has 1 amide bonds. The molecule has 0 bridgehead atoms. The molecule has 1 aromatic carbocycles.